The van der Waals surface area contributed by atoms with Crippen LogP contribution < -0.4 is 5.73 Å². The predicted molar refractivity (Wildman–Crippen MR) is 76.9 cm³/mol. The average molecular weight is 266 g/mol. The van der Waals surface area contributed by atoms with Gasteiger partial charge in [0.25, 0.3) is 0 Å². The van der Waals surface area contributed by atoms with E-state index in [2.05, 4.69) is 4.99 Å². The molecule has 108 valence electrons. The van der Waals surface area contributed by atoms with Gasteiger partial charge < -0.3 is 15.5 Å². The molecule has 0 aromatic heterocycles. The maximum absolute atomic E-state index is 12.1. The molecule has 0 unspecified atom stereocenters. The summed E-state index contributed by atoms with van der Waals surface area (Å²) in [6, 6.07) is 0.939. The first-order chi connectivity index (χ1) is 9.09. The van der Waals surface area contributed by atoms with Crippen LogP contribution in [0.2, 0.25) is 0 Å². The molecule has 1 amide bonds. The van der Waals surface area contributed by atoms with Crippen LogP contribution in [-0.2, 0) is 4.79 Å². The Balaban J connectivity index is 1.80. The molecule has 0 bridgehead atoms. The van der Waals surface area contributed by atoms with Crippen LogP contribution in [0, 0.1) is 0 Å². The predicted octanol–water partition coefficient (Wildman–Crippen LogP) is 1.19. The monoisotopic (exact) mass is 266 g/mol. The molecule has 2 aliphatic carbocycles. The number of carbonyl (C=O) groups is 1. The van der Waals surface area contributed by atoms with Crippen LogP contribution in [0.5, 0.6) is 0 Å². The molecule has 5 nitrogen and oxygen atoms in total. The second-order valence-corrected chi connectivity index (χ2v) is 5.81. The van der Waals surface area contributed by atoms with Crippen molar-refractivity contribution >= 4 is 11.9 Å². The van der Waals surface area contributed by atoms with Crippen LogP contribution in [0.3, 0.4) is 0 Å². The zero-order valence-electron chi connectivity index (χ0n) is 12.1. The Morgan fingerprint density at radius 3 is 2.21 bits per heavy atom. The van der Waals surface area contributed by atoms with E-state index in [-0.39, 0.29) is 12.5 Å². The van der Waals surface area contributed by atoms with Crippen molar-refractivity contribution in [2.75, 3.05) is 20.6 Å². The van der Waals surface area contributed by atoms with Gasteiger partial charge in [0.1, 0.15) is 6.54 Å². The van der Waals surface area contributed by atoms with Gasteiger partial charge in [0.2, 0.25) is 5.91 Å². The van der Waals surface area contributed by atoms with E-state index in [1.54, 1.807) is 0 Å². The quantitative estimate of drug-likeness (QED) is 0.614. The van der Waals surface area contributed by atoms with Crippen LogP contribution in [-0.4, -0.2) is 54.4 Å². The molecule has 2 saturated carbocycles. The largest absolute Gasteiger partial charge is 0.370 e. The maximum atomic E-state index is 12.1. The Bertz CT molecular complexity index is 345. The van der Waals surface area contributed by atoms with Gasteiger partial charge in [-0.05, 0) is 25.7 Å². The summed E-state index contributed by atoms with van der Waals surface area (Å²) in [7, 11) is 3.85. The summed E-state index contributed by atoms with van der Waals surface area (Å²) in [5.41, 5.74) is 5.89. The summed E-state index contributed by atoms with van der Waals surface area (Å²) >= 11 is 0. The van der Waals surface area contributed by atoms with E-state index in [9.17, 15) is 4.79 Å². The Hall–Kier alpha value is -1.26. The van der Waals surface area contributed by atoms with Crippen LogP contribution in [0.1, 0.15) is 44.9 Å². The second kappa shape index (κ2) is 6.26. The molecule has 0 saturated heterocycles. The minimum Gasteiger partial charge on any atom is -0.370 e. The van der Waals surface area contributed by atoms with Crippen LogP contribution in [0.15, 0.2) is 4.99 Å². The van der Waals surface area contributed by atoms with Crippen LogP contribution in [0.4, 0.5) is 0 Å². The lowest BCUT2D eigenvalue weighted by Crippen LogP contribution is -2.41. The van der Waals surface area contributed by atoms with Crippen molar-refractivity contribution in [1.29, 1.82) is 0 Å². The summed E-state index contributed by atoms with van der Waals surface area (Å²) < 4.78 is 0. The van der Waals surface area contributed by atoms with Crippen molar-refractivity contribution in [3.05, 3.63) is 0 Å². The first kappa shape index (κ1) is 14.2. The molecule has 0 atom stereocenters. The first-order valence-electron chi connectivity index (χ1n) is 7.38. The number of carbonyl (C=O) groups excluding carboxylic acids is 1. The normalized spacial score (nSPS) is 21.3. The number of nitrogens with zero attached hydrogens (tertiary/aromatic N) is 3. The van der Waals surface area contributed by atoms with Crippen LogP contribution in [0.25, 0.3) is 0 Å². The highest BCUT2D eigenvalue weighted by molar-refractivity contribution is 5.84. The molecule has 0 aliphatic heterocycles. The summed E-state index contributed by atoms with van der Waals surface area (Å²) in [5.74, 6) is 0.576. The van der Waals surface area contributed by atoms with Gasteiger partial charge in [-0.15, -0.1) is 0 Å². The molecule has 0 heterocycles. The van der Waals surface area contributed by atoms with E-state index >= 15 is 0 Å². The van der Waals surface area contributed by atoms with Gasteiger partial charge >= 0.3 is 0 Å². The fraction of sp³-hybridized carbons (Fsp3) is 0.857. The third-order valence-electron chi connectivity index (χ3n) is 4.35. The number of guanidine groups is 1. The van der Waals surface area contributed by atoms with Gasteiger partial charge in [0.15, 0.2) is 5.96 Å². The molecule has 0 aromatic rings. The SMILES string of the molecule is CN(C(=O)CN=C(N)N(C)C1CC1)C1CCCCC1. The number of rotatable bonds is 4. The van der Waals surface area contributed by atoms with E-state index in [0.717, 1.165) is 12.8 Å². The highest BCUT2D eigenvalue weighted by Gasteiger charge is 2.27. The van der Waals surface area contributed by atoms with Gasteiger partial charge in [-0.25, -0.2) is 4.99 Å². The summed E-state index contributed by atoms with van der Waals surface area (Å²) in [6.45, 7) is 0.176. The highest BCUT2D eigenvalue weighted by Crippen LogP contribution is 2.25. The van der Waals surface area contributed by atoms with Gasteiger partial charge in [-0.2, -0.15) is 0 Å². The third kappa shape index (κ3) is 3.85. The molecule has 2 aliphatic rings. The fourth-order valence-corrected chi connectivity index (χ4v) is 2.69. The molecule has 2 N–H and O–H groups in total. The van der Waals surface area contributed by atoms with Crippen molar-refractivity contribution in [2.24, 2.45) is 10.7 Å². The molecule has 0 spiro atoms. The Kier molecular flexibility index (Phi) is 4.66. The summed E-state index contributed by atoms with van der Waals surface area (Å²) in [6.07, 6.45) is 8.39. The van der Waals surface area contributed by atoms with Crippen molar-refractivity contribution in [1.82, 2.24) is 9.80 Å². The number of aliphatic imine (C=N–C) groups is 1. The molecule has 2 rings (SSSR count). The topological polar surface area (TPSA) is 61.9 Å². The lowest BCUT2D eigenvalue weighted by molar-refractivity contribution is -0.130. The summed E-state index contributed by atoms with van der Waals surface area (Å²) in [4.78, 5) is 20.2. The average Bonchev–Trinajstić information content (AvgIpc) is 3.28. The number of hydrogen-bond donors (Lipinski definition) is 1. The summed E-state index contributed by atoms with van der Waals surface area (Å²) in [5, 5.41) is 0. The smallest absolute Gasteiger partial charge is 0.244 e. The molecule has 2 fully saturated rings. The van der Waals surface area contributed by atoms with Gasteiger partial charge in [0.05, 0.1) is 0 Å². The fourth-order valence-electron chi connectivity index (χ4n) is 2.69. The standard InChI is InChI=1S/C14H26N4O/c1-17(11-6-4-3-5-7-11)13(19)10-16-14(15)18(2)12-8-9-12/h11-12H,3-10H2,1-2H3,(H2,15,16). The second-order valence-electron chi connectivity index (χ2n) is 5.81. The minimum absolute atomic E-state index is 0.0825. The zero-order chi connectivity index (χ0) is 13.8. The number of nitrogens with two attached hydrogens (primary N) is 1. The molecular weight excluding hydrogens is 240 g/mol. The van der Waals surface area contributed by atoms with Crippen LogP contribution >= 0.6 is 0 Å². The Morgan fingerprint density at radius 1 is 1.05 bits per heavy atom. The van der Waals surface area contributed by atoms with Crippen molar-refractivity contribution in [2.45, 2.75) is 57.0 Å². The molecule has 19 heavy (non-hydrogen) atoms. The highest BCUT2D eigenvalue weighted by atomic mass is 16.2. The molecule has 0 radical (unpaired) electrons. The number of amides is 1. The Labute approximate surface area is 115 Å². The van der Waals surface area contributed by atoms with E-state index in [0.29, 0.717) is 18.0 Å². The van der Waals surface area contributed by atoms with E-state index in [1.165, 1.54) is 32.1 Å². The Morgan fingerprint density at radius 2 is 1.63 bits per heavy atom. The molecule has 5 heteroatoms. The van der Waals surface area contributed by atoms with Crippen molar-refractivity contribution in [3.8, 4) is 0 Å². The lowest BCUT2D eigenvalue weighted by atomic mass is 9.94. The minimum atomic E-state index is 0.0825. The van der Waals surface area contributed by atoms with E-state index < -0.39 is 0 Å². The van der Waals surface area contributed by atoms with E-state index in [1.807, 2.05) is 23.9 Å². The van der Waals surface area contributed by atoms with E-state index in [4.69, 9.17) is 5.73 Å². The van der Waals surface area contributed by atoms with Gasteiger partial charge in [-0.1, -0.05) is 19.3 Å². The first-order valence-corrected chi connectivity index (χ1v) is 7.38. The molecule has 0 aromatic carbocycles. The van der Waals surface area contributed by atoms with Gasteiger partial charge in [0, 0.05) is 26.2 Å². The number of hydrogen-bond acceptors (Lipinski definition) is 2. The lowest BCUT2D eigenvalue weighted by Gasteiger charge is -2.31. The zero-order valence-corrected chi connectivity index (χ0v) is 12.1. The number of likely N-dealkylation sites (N-methyl/N-ethyl adjacent to an activating group) is 1. The maximum Gasteiger partial charge on any atom is 0.244 e. The molecular formula is C14H26N4O. The van der Waals surface area contributed by atoms with Crippen molar-refractivity contribution < 1.29 is 4.79 Å². The third-order valence-corrected chi connectivity index (χ3v) is 4.35. The van der Waals surface area contributed by atoms with Crippen molar-refractivity contribution in [3.63, 3.8) is 0 Å². The van der Waals surface area contributed by atoms with Gasteiger partial charge in [-0.3, -0.25) is 4.79 Å².